The average Bonchev–Trinajstić information content (AvgIpc) is 2.58. The number of hydrogen-bond acceptors (Lipinski definition) is 0. The van der Waals surface area contributed by atoms with Crippen LogP contribution in [0, 0.1) is 10.0 Å². The van der Waals surface area contributed by atoms with Gasteiger partial charge in [0.25, 0.3) is 0 Å². The van der Waals surface area contributed by atoms with E-state index in [0.717, 1.165) is 14.2 Å². The molecule has 0 atom stereocenters. The molecular weight excluding hydrogens is 247 g/mol. The summed E-state index contributed by atoms with van der Waals surface area (Å²) in [6, 6.07) is 0. The van der Waals surface area contributed by atoms with E-state index < -0.39 is 0 Å². The van der Waals surface area contributed by atoms with E-state index in [-0.39, 0.29) is 0 Å². The van der Waals surface area contributed by atoms with Crippen molar-refractivity contribution < 1.29 is 0 Å². The molecule has 0 saturated carbocycles. The first kappa shape index (κ1) is 14.2. The predicted molar refractivity (Wildman–Crippen MR) is 114 cm³/mol. The monoisotopic (exact) mass is 252 g/mol. The quantitative estimate of drug-likeness (QED) is 0.349. The van der Waals surface area contributed by atoms with E-state index in [1.807, 2.05) is 0 Å². The molecule has 5 rings (SSSR count). The van der Waals surface area contributed by atoms with E-state index >= 15 is 0 Å². The molecule has 3 aromatic heterocycles. The second kappa shape index (κ2) is 5.74. The SMILES string of the molecule is B1=Bc2bc3bc4c(bc3bc2=BB1)-c1bbbbc1BB=4. The van der Waals surface area contributed by atoms with Gasteiger partial charge >= 0.3 is 138 Å². The van der Waals surface area contributed by atoms with Crippen LogP contribution in [-0.4, -0.2) is 96.0 Å². The summed E-state index contributed by atoms with van der Waals surface area (Å²) < 4.78 is 0. The van der Waals surface area contributed by atoms with Crippen LogP contribution in [0.4, 0.5) is 0 Å². The predicted octanol–water partition coefficient (Wildman–Crippen LogP) is -5.66. The zero-order chi connectivity index (χ0) is 14.5. The molecule has 2 aliphatic rings. The molecule has 0 unspecified atom stereocenters. The Morgan fingerprint density at radius 2 is 1.59 bits per heavy atom. The van der Waals surface area contributed by atoms with Gasteiger partial charge in [-0.1, -0.05) is 0 Å². The fourth-order valence-electron chi connectivity index (χ4n) is 3.70. The van der Waals surface area contributed by atoms with Crippen molar-refractivity contribution >= 4 is 117 Å². The van der Waals surface area contributed by atoms with Gasteiger partial charge in [-0.3, -0.25) is 0 Å². The molecule has 22 heavy (non-hydrogen) atoms. The molecule has 76 valence electrons. The van der Waals surface area contributed by atoms with Crippen LogP contribution < -0.4 is 10.7 Å². The second-order valence-electron chi connectivity index (χ2n) is 6.18. The molecule has 0 amide bonds. The fraction of sp³-hybridized carbons (Fsp3) is 0. The first-order chi connectivity index (χ1) is 10.9. The Kier molecular flexibility index (Phi) is 3.72. The summed E-state index contributed by atoms with van der Waals surface area (Å²) in [5, 5.41) is 8.19. The van der Waals surface area contributed by atoms with E-state index in [2.05, 4.69) is 81.7 Å². The van der Waals surface area contributed by atoms with Crippen molar-refractivity contribution in [3.63, 3.8) is 0 Å². The summed E-state index contributed by atoms with van der Waals surface area (Å²) in [6.45, 7) is 27.3. The summed E-state index contributed by atoms with van der Waals surface area (Å²) >= 11 is 0. The van der Waals surface area contributed by atoms with Gasteiger partial charge in [0.15, 0.2) is 0 Å². The van der Waals surface area contributed by atoms with Crippen molar-refractivity contribution in [2.45, 2.75) is 0 Å². The third kappa shape index (κ3) is 2.35. The second-order valence-corrected chi connectivity index (χ2v) is 6.18. The van der Waals surface area contributed by atoms with Crippen LogP contribution in [0.1, 0.15) is 0 Å². The third-order valence-electron chi connectivity index (χ3n) is 4.83. The Labute approximate surface area is 138 Å². The van der Waals surface area contributed by atoms with Gasteiger partial charge in [-0.25, -0.2) is 0 Å². The van der Waals surface area contributed by atoms with Gasteiger partial charge < -0.3 is 0 Å². The minimum absolute atomic E-state index is 1.04. The maximum absolute atomic E-state index is 2.37. The summed E-state index contributed by atoms with van der Waals surface area (Å²) in [5.41, 5.74) is 2.77. The van der Waals surface area contributed by atoms with Crippen LogP contribution in [0.15, 0.2) is 0 Å². The molecule has 0 aliphatic carbocycles. The van der Waals surface area contributed by atoms with Gasteiger partial charge in [-0.2, -0.15) is 0 Å². The molecule has 0 N–H and O–H groups in total. The molecule has 0 bridgehead atoms. The molecule has 3 aromatic rings. The first-order valence-electron chi connectivity index (χ1n) is 7.91. The molecule has 5 heterocycles. The van der Waals surface area contributed by atoms with Gasteiger partial charge in [-0.05, 0) is 0 Å². The third-order valence-corrected chi connectivity index (χ3v) is 4.83. The fourth-order valence-corrected chi connectivity index (χ4v) is 3.70. The Bertz CT molecular complexity index is 1090. The maximum atomic E-state index is 2.37. The van der Waals surface area contributed by atoms with Gasteiger partial charge in [-0.15, -0.1) is 0 Å². The molecule has 0 fully saturated rings. The van der Waals surface area contributed by atoms with Crippen molar-refractivity contribution in [3.05, 3.63) is 10.0 Å². The van der Waals surface area contributed by atoms with E-state index in [9.17, 15) is 0 Å². The summed E-state index contributed by atoms with van der Waals surface area (Å²) in [5.74, 6) is 0. The first-order valence-corrected chi connectivity index (χ1v) is 7.91. The molecule has 0 aromatic carbocycles. The van der Waals surface area contributed by atoms with Crippen LogP contribution >= 0.6 is 0 Å². The normalized spacial score (nSPS) is 10.9. The number of hydrogen-bond donors (Lipinski definition) is 0. The van der Waals surface area contributed by atoms with Crippen molar-refractivity contribution in [1.29, 1.82) is 0 Å². The van der Waals surface area contributed by atoms with Gasteiger partial charge in [0, 0.05) is 0 Å². The van der Waals surface area contributed by atoms with Crippen LogP contribution in [0.3, 0.4) is 0 Å². The summed E-state index contributed by atoms with van der Waals surface area (Å²) in [6.07, 6.45) is 0. The molecular formula is C8H2B14. The van der Waals surface area contributed by atoms with Gasteiger partial charge in [0.05, 0.1) is 0 Å². The van der Waals surface area contributed by atoms with Crippen molar-refractivity contribution in [2.24, 2.45) is 0 Å². The Morgan fingerprint density at radius 1 is 0.727 bits per heavy atom. The van der Waals surface area contributed by atoms with Crippen molar-refractivity contribution in [1.82, 2.24) is 0 Å². The topological polar surface area (TPSA) is 0 Å². The molecule has 14 heteroatoms. The molecule has 0 nitrogen and oxygen atoms in total. The summed E-state index contributed by atoms with van der Waals surface area (Å²) in [7, 11) is 2.08. The number of rotatable bonds is 0. The Hall–Kier alpha value is -0.131. The van der Waals surface area contributed by atoms with E-state index in [0.29, 0.717) is 0 Å². The van der Waals surface area contributed by atoms with Crippen molar-refractivity contribution in [2.75, 3.05) is 0 Å². The van der Waals surface area contributed by atoms with Crippen LogP contribution in [-0.2, 0) is 0 Å². The zero-order valence-electron chi connectivity index (χ0n) is 12.3. The van der Waals surface area contributed by atoms with Crippen LogP contribution in [0.5, 0.6) is 0 Å². The van der Waals surface area contributed by atoms with Crippen LogP contribution in [0.25, 0.3) is 21.3 Å². The van der Waals surface area contributed by atoms with E-state index in [1.54, 1.807) is 0 Å². The Morgan fingerprint density at radius 3 is 2.59 bits per heavy atom. The average molecular weight is 249 g/mol. The standard InChI is InChI=1S/C8H2B14/c9-1-2-4(16-20-19-13-2)15-14-3(1)10-6-5(9)11-7-8(12-6)18-22-21-17-7/h15,21H. The van der Waals surface area contributed by atoms with Crippen LogP contribution in [0.2, 0.25) is 0 Å². The zero-order valence-corrected chi connectivity index (χ0v) is 12.3. The van der Waals surface area contributed by atoms with Crippen molar-refractivity contribution in [3.8, 4) is 10.9 Å². The molecule has 2 aliphatic heterocycles. The van der Waals surface area contributed by atoms with Gasteiger partial charge in [0.2, 0.25) is 0 Å². The minimum atomic E-state index is 1.04. The molecule has 0 spiro atoms. The Balaban J connectivity index is 1.87. The molecule has 0 saturated heterocycles. The molecule has 0 radical (unpaired) electrons. The van der Waals surface area contributed by atoms with Gasteiger partial charge in [0.1, 0.15) is 0 Å². The van der Waals surface area contributed by atoms with E-state index in [1.165, 1.54) is 42.0 Å². The number of fused-ring (bicyclic) bond motifs is 5. The van der Waals surface area contributed by atoms with E-state index in [4.69, 9.17) is 0 Å². The summed E-state index contributed by atoms with van der Waals surface area (Å²) in [4.78, 5) is 0.